The van der Waals surface area contributed by atoms with Gasteiger partial charge in [-0.15, -0.1) is 0 Å². The van der Waals surface area contributed by atoms with E-state index in [1.807, 2.05) is 0 Å². The van der Waals surface area contributed by atoms with E-state index >= 15 is 0 Å². The molecule has 0 unspecified atom stereocenters. The second-order valence-corrected chi connectivity index (χ2v) is 4.07. The van der Waals surface area contributed by atoms with E-state index in [1.165, 1.54) is 32.1 Å². The molecule has 0 rings (SSSR count). The van der Waals surface area contributed by atoms with Crippen LogP contribution in [0.15, 0.2) is 0 Å². The number of esters is 2. The SMILES string of the molecule is CCCCCCCCCC(=O)OC(=O)CC.[NaH]. The molecule has 0 aromatic rings. The van der Waals surface area contributed by atoms with Crippen LogP contribution >= 0.6 is 0 Å². The molecule has 0 radical (unpaired) electrons. The van der Waals surface area contributed by atoms with Crippen molar-refractivity contribution in [1.29, 1.82) is 0 Å². The van der Waals surface area contributed by atoms with Gasteiger partial charge in [0, 0.05) is 12.8 Å². The Labute approximate surface area is 127 Å². The fourth-order valence-corrected chi connectivity index (χ4v) is 1.48. The molecule has 0 aromatic heterocycles. The first-order chi connectivity index (χ1) is 7.70. The molecule has 4 heteroatoms. The zero-order valence-corrected chi connectivity index (χ0v) is 10.6. The molecular weight excluding hydrogens is 227 g/mol. The van der Waals surface area contributed by atoms with Gasteiger partial charge in [-0.25, -0.2) is 0 Å². The molecule has 0 atom stereocenters. The number of carbonyl (C=O) groups excluding carboxylic acids is 2. The van der Waals surface area contributed by atoms with Crippen molar-refractivity contribution in [3.05, 3.63) is 0 Å². The van der Waals surface area contributed by atoms with Crippen LogP contribution in [0, 0.1) is 0 Å². The summed E-state index contributed by atoms with van der Waals surface area (Å²) in [6, 6.07) is 0. The van der Waals surface area contributed by atoms with Gasteiger partial charge in [-0.1, -0.05) is 52.4 Å². The summed E-state index contributed by atoms with van der Waals surface area (Å²) < 4.78 is 4.57. The Kier molecular flexibility index (Phi) is 16.3. The Balaban J connectivity index is 0. The maximum absolute atomic E-state index is 11.1. The van der Waals surface area contributed by atoms with Crippen molar-refractivity contribution >= 4 is 41.5 Å². The zero-order valence-electron chi connectivity index (χ0n) is 10.6. The summed E-state index contributed by atoms with van der Waals surface area (Å²) in [6.45, 7) is 3.88. The average Bonchev–Trinajstić information content (AvgIpc) is 2.27. The van der Waals surface area contributed by atoms with Gasteiger partial charge in [0.15, 0.2) is 0 Å². The maximum atomic E-state index is 11.1. The van der Waals surface area contributed by atoms with Crippen LogP contribution < -0.4 is 0 Å². The van der Waals surface area contributed by atoms with Crippen LogP contribution in [0.3, 0.4) is 0 Å². The topological polar surface area (TPSA) is 43.4 Å². The van der Waals surface area contributed by atoms with Gasteiger partial charge in [0.1, 0.15) is 0 Å². The molecular formula is C13H25NaO3. The predicted octanol–water partition coefficient (Wildman–Crippen LogP) is 2.96. The first-order valence-corrected chi connectivity index (χ1v) is 6.44. The molecule has 0 N–H and O–H groups in total. The van der Waals surface area contributed by atoms with E-state index in [4.69, 9.17) is 0 Å². The number of carbonyl (C=O) groups is 2. The predicted molar refractivity (Wildman–Crippen MR) is 71.1 cm³/mol. The molecule has 0 amide bonds. The summed E-state index contributed by atoms with van der Waals surface area (Å²) in [6.07, 6.45) is 8.79. The average molecular weight is 252 g/mol. The van der Waals surface area contributed by atoms with E-state index in [2.05, 4.69) is 11.7 Å². The van der Waals surface area contributed by atoms with Crippen LogP contribution in [0.1, 0.15) is 71.6 Å². The second-order valence-electron chi connectivity index (χ2n) is 4.07. The van der Waals surface area contributed by atoms with Crippen LogP contribution in [-0.4, -0.2) is 41.5 Å². The molecule has 0 saturated heterocycles. The van der Waals surface area contributed by atoms with Gasteiger partial charge in [-0.05, 0) is 6.42 Å². The van der Waals surface area contributed by atoms with E-state index in [0.29, 0.717) is 6.42 Å². The third-order valence-electron chi connectivity index (χ3n) is 2.50. The number of rotatable bonds is 9. The first-order valence-electron chi connectivity index (χ1n) is 6.44. The molecule has 0 aliphatic carbocycles. The third kappa shape index (κ3) is 14.1. The molecule has 0 aliphatic rings. The summed E-state index contributed by atoms with van der Waals surface area (Å²) in [5, 5.41) is 0. The fraction of sp³-hybridized carbons (Fsp3) is 0.846. The minimum absolute atomic E-state index is 0. The van der Waals surface area contributed by atoms with Crippen molar-refractivity contribution in [3.8, 4) is 0 Å². The van der Waals surface area contributed by atoms with Crippen molar-refractivity contribution in [2.75, 3.05) is 0 Å². The van der Waals surface area contributed by atoms with Crippen LogP contribution in [0.5, 0.6) is 0 Å². The fourth-order valence-electron chi connectivity index (χ4n) is 1.48. The summed E-state index contributed by atoms with van der Waals surface area (Å²) in [5.74, 6) is -0.798. The summed E-state index contributed by atoms with van der Waals surface area (Å²) in [7, 11) is 0. The van der Waals surface area contributed by atoms with Gasteiger partial charge in [0.25, 0.3) is 0 Å². The van der Waals surface area contributed by atoms with E-state index in [-0.39, 0.29) is 41.9 Å². The van der Waals surface area contributed by atoms with Crippen LogP contribution in [0.2, 0.25) is 0 Å². The molecule has 0 spiro atoms. The molecule has 0 bridgehead atoms. The summed E-state index contributed by atoms with van der Waals surface area (Å²) >= 11 is 0. The molecule has 0 heterocycles. The summed E-state index contributed by atoms with van der Waals surface area (Å²) in [4.78, 5) is 21.9. The normalized spacial score (nSPS) is 9.53. The number of unbranched alkanes of at least 4 members (excludes halogenated alkanes) is 6. The van der Waals surface area contributed by atoms with Crippen molar-refractivity contribution in [2.45, 2.75) is 71.6 Å². The summed E-state index contributed by atoms with van der Waals surface area (Å²) in [5.41, 5.74) is 0. The van der Waals surface area contributed by atoms with Gasteiger partial charge in [-0.3, -0.25) is 9.59 Å². The van der Waals surface area contributed by atoms with Gasteiger partial charge >= 0.3 is 41.5 Å². The zero-order chi connectivity index (χ0) is 12.2. The number of hydrogen-bond donors (Lipinski definition) is 0. The van der Waals surface area contributed by atoms with Crippen LogP contribution in [-0.2, 0) is 14.3 Å². The Morgan fingerprint density at radius 1 is 0.824 bits per heavy atom. The van der Waals surface area contributed by atoms with Crippen molar-refractivity contribution < 1.29 is 14.3 Å². The van der Waals surface area contributed by atoms with Gasteiger partial charge in [0.05, 0.1) is 0 Å². The molecule has 3 nitrogen and oxygen atoms in total. The molecule has 17 heavy (non-hydrogen) atoms. The van der Waals surface area contributed by atoms with Gasteiger partial charge < -0.3 is 4.74 Å². The van der Waals surface area contributed by atoms with Crippen molar-refractivity contribution in [2.24, 2.45) is 0 Å². The van der Waals surface area contributed by atoms with E-state index in [1.54, 1.807) is 6.92 Å². The third-order valence-corrected chi connectivity index (χ3v) is 2.50. The molecule has 0 saturated carbocycles. The molecule has 0 aliphatic heterocycles. The molecule has 96 valence electrons. The quantitative estimate of drug-likeness (QED) is 0.274. The molecule has 0 aromatic carbocycles. The van der Waals surface area contributed by atoms with Crippen molar-refractivity contribution in [3.63, 3.8) is 0 Å². The Morgan fingerprint density at radius 3 is 1.88 bits per heavy atom. The van der Waals surface area contributed by atoms with E-state index < -0.39 is 5.97 Å². The van der Waals surface area contributed by atoms with Crippen LogP contribution in [0.25, 0.3) is 0 Å². The van der Waals surface area contributed by atoms with Crippen molar-refractivity contribution in [1.82, 2.24) is 0 Å². The Morgan fingerprint density at radius 2 is 1.35 bits per heavy atom. The Hall–Kier alpha value is 0.140. The number of hydrogen-bond acceptors (Lipinski definition) is 3. The van der Waals surface area contributed by atoms with E-state index in [0.717, 1.165) is 12.8 Å². The first kappa shape index (κ1) is 19.5. The number of ether oxygens (including phenoxy) is 1. The standard InChI is InChI=1S/C13H24O3.Na.H/c1-3-5-6-7-8-9-10-11-13(15)16-12(14)4-2;;/h3-11H2,1-2H3;;. The van der Waals surface area contributed by atoms with Gasteiger partial charge in [0.2, 0.25) is 0 Å². The van der Waals surface area contributed by atoms with Crippen LogP contribution in [0.4, 0.5) is 0 Å². The monoisotopic (exact) mass is 252 g/mol. The minimum atomic E-state index is -0.423. The second kappa shape index (κ2) is 14.2. The van der Waals surface area contributed by atoms with Gasteiger partial charge in [-0.2, -0.15) is 0 Å². The molecule has 0 fully saturated rings. The van der Waals surface area contributed by atoms with E-state index in [9.17, 15) is 9.59 Å². The Bertz CT molecular complexity index is 205.